The van der Waals surface area contributed by atoms with Crippen molar-refractivity contribution in [1.82, 2.24) is 0 Å². The summed E-state index contributed by atoms with van der Waals surface area (Å²) in [5, 5.41) is 4.72. The molecule has 0 atom stereocenters. The largest absolute Gasteiger partial charge is 0.466 e. The molecule has 1 aliphatic carbocycles. The third-order valence-electron chi connectivity index (χ3n) is 9.71. The lowest BCUT2D eigenvalue weighted by atomic mass is 9.72. The third-order valence-corrected chi connectivity index (χ3v) is 10.1. The molecule has 0 amide bonds. The summed E-state index contributed by atoms with van der Waals surface area (Å²) in [5.74, 6) is -0.244. The van der Waals surface area contributed by atoms with Crippen LogP contribution in [-0.4, -0.2) is 36.9 Å². The first-order valence-electron chi connectivity index (χ1n) is 16.7. The van der Waals surface area contributed by atoms with Crippen molar-refractivity contribution < 1.29 is 19.1 Å². The first-order chi connectivity index (χ1) is 24.0. The smallest absolute Gasteiger partial charge is 0.306 e. The summed E-state index contributed by atoms with van der Waals surface area (Å²) in [7, 11) is 0. The van der Waals surface area contributed by atoms with Gasteiger partial charge in [-0.25, -0.2) is 0 Å². The van der Waals surface area contributed by atoms with E-state index < -0.39 is 5.41 Å². The molecule has 0 radical (unpaired) electrons. The van der Waals surface area contributed by atoms with E-state index in [1.165, 1.54) is 21.5 Å². The van der Waals surface area contributed by atoms with Crippen LogP contribution in [0.5, 0.6) is 0 Å². The van der Waals surface area contributed by atoms with E-state index >= 15 is 0 Å². The Morgan fingerprint density at radius 3 is 1.31 bits per heavy atom. The maximum atomic E-state index is 12.5. The maximum absolute atomic E-state index is 12.5. The van der Waals surface area contributed by atoms with Crippen molar-refractivity contribution in [2.24, 2.45) is 0 Å². The van der Waals surface area contributed by atoms with Gasteiger partial charge in [0.25, 0.3) is 0 Å². The normalized spacial score (nSPS) is 12.9. The number of benzene rings is 6. The number of carbonyl (C=O) groups is 2. The summed E-state index contributed by atoms with van der Waals surface area (Å²) in [5.41, 5.74) is 8.33. The molecule has 0 unspecified atom stereocenters. The van der Waals surface area contributed by atoms with Gasteiger partial charge in [-0.3, -0.25) is 9.59 Å². The van der Waals surface area contributed by atoms with E-state index in [1.807, 2.05) is 0 Å². The molecule has 0 fully saturated rings. The highest BCUT2D eigenvalue weighted by Gasteiger charge is 2.43. The van der Waals surface area contributed by atoms with Gasteiger partial charge in [-0.1, -0.05) is 97.1 Å². The summed E-state index contributed by atoms with van der Waals surface area (Å²) < 4.78 is 11.5. The summed E-state index contributed by atoms with van der Waals surface area (Å²) in [6.45, 7) is 0.398. The van der Waals surface area contributed by atoms with Gasteiger partial charge in [0.1, 0.15) is 0 Å². The molecule has 0 saturated carbocycles. The third kappa shape index (κ3) is 6.68. The van der Waals surface area contributed by atoms with E-state index in [-0.39, 0.29) is 49.8 Å². The highest BCUT2D eigenvalue weighted by molar-refractivity contribution is 6.19. The van der Waals surface area contributed by atoms with Gasteiger partial charge in [0.15, 0.2) is 0 Å². The van der Waals surface area contributed by atoms with E-state index in [4.69, 9.17) is 32.7 Å². The molecule has 49 heavy (non-hydrogen) atoms. The quantitative estimate of drug-likeness (QED) is 0.0949. The average molecular weight is 688 g/mol. The lowest BCUT2D eigenvalue weighted by Crippen LogP contribution is -2.30. The molecule has 0 saturated heterocycles. The van der Waals surface area contributed by atoms with Crippen LogP contribution in [0.2, 0.25) is 0 Å². The predicted octanol–water partition coefficient (Wildman–Crippen LogP) is 10.7. The Bertz CT molecular complexity index is 2020. The van der Waals surface area contributed by atoms with E-state index in [0.717, 1.165) is 44.5 Å². The second-order valence-corrected chi connectivity index (χ2v) is 13.3. The summed E-state index contributed by atoms with van der Waals surface area (Å²) in [6, 6.07) is 43.1. The zero-order valence-corrected chi connectivity index (χ0v) is 28.6. The molecule has 246 valence electrons. The highest BCUT2D eigenvalue weighted by atomic mass is 35.5. The molecule has 7 rings (SSSR count). The molecular weight excluding hydrogens is 651 g/mol. The van der Waals surface area contributed by atoms with Gasteiger partial charge in [-0.05, 0) is 103 Å². The van der Waals surface area contributed by atoms with Gasteiger partial charge in [0, 0.05) is 17.2 Å². The zero-order chi connectivity index (χ0) is 33.8. The minimum absolute atomic E-state index is 0.149. The van der Waals surface area contributed by atoms with Gasteiger partial charge >= 0.3 is 11.9 Å². The van der Waals surface area contributed by atoms with Crippen LogP contribution in [0.25, 0.3) is 54.9 Å². The minimum atomic E-state index is -0.604. The molecule has 6 aromatic rings. The van der Waals surface area contributed by atoms with Crippen LogP contribution in [0.1, 0.15) is 36.8 Å². The Labute approximate surface area is 296 Å². The fourth-order valence-electron chi connectivity index (χ4n) is 7.23. The van der Waals surface area contributed by atoms with Gasteiger partial charge in [0.05, 0.1) is 26.1 Å². The number of rotatable bonds is 12. The van der Waals surface area contributed by atoms with Gasteiger partial charge in [0.2, 0.25) is 0 Å². The van der Waals surface area contributed by atoms with Crippen LogP contribution in [-0.2, 0) is 24.5 Å². The number of carbonyl (C=O) groups excluding carboxylic acids is 2. The Morgan fingerprint density at radius 1 is 0.490 bits per heavy atom. The van der Waals surface area contributed by atoms with Crippen LogP contribution < -0.4 is 0 Å². The number of esters is 2. The monoisotopic (exact) mass is 686 g/mol. The molecule has 0 aromatic heterocycles. The second kappa shape index (κ2) is 14.5. The first kappa shape index (κ1) is 32.9. The number of halogens is 2. The Hall–Kier alpha value is -4.64. The Kier molecular flexibility index (Phi) is 9.70. The predicted molar refractivity (Wildman–Crippen MR) is 200 cm³/mol. The van der Waals surface area contributed by atoms with E-state index in [0.29, 0.717) is 12.8 Å². The van der Waals surface area contributed by atoms with Gasteiger partial charge in [-0.15, -0.1) is 23.2 Å². The minimum Gasteiger partial charge on any atom is -0.466 e. The molecule has 6 heteroatoms. The summed E-state index contributed by atoms with van der Waals surface area (Å²) in [6.07, 6.45) is 1.32. The SMILES string of the molecule is O=C(CCCl)OCCC1(CCOC(=O)CCCl)c2cc(-c3ccc4ccccc4c3)ccc2-c2ccc(-c3ccc4ccccc4c3)cc21. The van der Waals surface area contributed by atoms with E-state index in [1.54, 1.807) is 0 Å². The molecule has 0 N–H and O–H groups in total. The van der Waals surface area contributed by atoms with Crippen LogP contribution in [0.3, 0.4) is 0 Å². The summed E-state index contributed by atoms with van der Waals surface area (Å²) >= 11 is 11.7. The van der Waals surface area contributed by atoms with Crippen LogP contribution in [0, 0.1) is 0 Å². The van der Waals surface area contributed by atoms with Crippen molar-refractivity contribution in [3.05, 3.63) is 132 Å². The van der Waals surface area contributed by atoms with Crippen LogP contribution >= 0.6 is 23.2 Å². The Morgan fingerprint density at radius 2 is 0.878 bits per heavy atom. The standard InChI is InChI=1S/C43H36Cl2O4/c44-21-17-41(46)48-23-19-43(20-24-49-42(47)18-22-45)39-27-35(33-11-9-29-5-1-3-7-31(29)25-33)13-15-37(39)38-16-14-36(28-40(38)43)34-12-10-30-6-2-4-8-32(30)26-34/h1-16,25-28H,17-24H2. The van der Waals surface area contributed by atoms with Crippen molar-refractivity contribution in [2.45, 2.75) is 31.1 Å². The van der Waals surface area contributed by atoms with E-state index in [9.17, 15) is 9.59 Å². The second-order valence-electron chi connectivity index (χ2n) is 12.5. The lowest BCUT2D eigenvalue weighted by molar-refractivity contribution is -0.143. The molecule has 4 nitrogen and oxygen atoms in total. The topological polar surface area (TPSA) is 52.6 Å². The van der Waals surface area contributed by atoms with E-state index in [2.05, 4.69) is 121 Å². The fourth-order valence-corrected chi connectivity index (χ4v) is 7.54. The molecule has 0 aliphatic heterocycles. The fraction of sp³-hybridized carbons (Fsp3) is 0.209. The van der Waals surface area contributed by atoms with Crippen LogP contribution in [0.4, 0.5) is 0 Å². The molecule has 0 bridgehead atoms. The van der Waals surface area contributed by atoms with Crippen molar-refractivity contribution >= 4 is 56.7 Å². The van der Waals surface area contributed by atoms with Gasteiger partial charge in [-0.2, -0.15) is 0 Å². The van der Waals surface area contributed by atoms with Crippen molar-refractivity contribution in [3.8, 4) is 33.4 Å². The average Bonchev–Trinajstić information content (AvgIpc) is 3.39. The molecule has 1 aliphatic rings. The number of alkyl halides is 2. The molecule has 0 spiro atoms. The van der Waals surface area contributed by atoms with Crippen molar-refractivity contribution in [1.29, 1.82) is 0 Å². The number of ether oxygens (including phenoxy) is 2. The maximum Gasteiger partial charge on any atom is 0.306 e. The van der Waals surface area contributed by atoms with Crippen LogP contribution in [0.15, 0.2) is 121 Å². The number of hydrogen-bond donors (Lipinski definition) is 0. The number of fused-ring (bicyclic) bond motifs is 5. The van der Waals surface area contributed by atoms with Crippen molar-refractivity contribution in [3.63, 3.8) is 0 Å². The molecule has 0 heterocycles. The van der Waals surface area contributed by atoms with Gasteiger partial charge < -0.3 is 9.47 Å². The lowest BCUT2D eigenvalue weighted by Gasteiger charge is -2.32. The molecule has 6 aromatic carbocycles. The zero-order valence-electron chi connectivity index (χ0n) is 27.1. The summed E-state index contributed by atoms with van der Waals surface area (Å²) in [4.78, 5) is 25.0. The van der Waals surface area contributed by atoms with Crippen molar-refractivity contribution in [2.75, 3.05) is 25.0 Å². The Balaban J connectivity index is 1.36. The highest BCUT2D eigenvalue weighted by Crippen LogP contribution is 2.54. The first-order valence-corrected chi connectivity index (χ1v) is 17.8. The molecular formula is C43H36Cl2O4. The number of hydrogen-bond acceptors (Lipinski definition) is 4.